The Bertz CT molecular complexity index is 920. The van der Waals surface area contributed by atoms with Gasteiger partial charge in [-0.05, 0) is 43.4 Å². The van der Waals surface area contributed by atoms with Crippen LogP contribution in [0, 0.1) is 13.8 Å². The standard InChI is InChI=1S/C22H25N3O2S/c1-14-9-8-10-15(2)20(14)23-21(26)17(4)28-22-25-24-19(27-22)13-16(3)18-11-6-5-7-12-18/h5-12,16-17H,13H2,1-4H3,(H,23,26). The number of aryl methyl sites for hydroxylation is 2. The van der Waals surface area contributed by atoms with Gasteiger partial charge in [0.1, 0.15) is 0 Å². The minimum absolute atomic E-state index is 0.0835. The highest BCUT2D eigenvalue weighted by atomic mass is 32.2. The summed E-state index contributed by atoms with van der Waals surface area (Å²) in [6, 6.07) is 16.2. The molecular weight excluding hydrogens is 370 g/mol. The van der Waals surface area contributed by atoms with Crippen LogP contribution in [-0.4, -0.2) is 21.4 Å². The van der Waals surface area contributed by atoms with Crippen molar-refractivity contribution in [3.63, 3.8) is 0 Å². The maximum absolute atomic E-state index is 12.6. The lowest BCUT2D eigenvalue weighted by atomic mass is 9.98. The number of rotatable bonds is 7. The molecular formula is C22H25N3O2S. The normalized spacial score (nSPS) is 13.1. The Balaban J connectivity index is 1.59. The Labute approximate surface area is 170 Å². The number of benzene rings is 2. The lowest BCUT2D eigenvalue weighted by Gasteiger charge is -2.14. The van der Waals surface area contributed by atoms with E-state index in [2.05, 4.69) is 34.6 Å². The SMILES string of the molecule is Cc1cccc(C)c1NC(=O)C(C)Sc1nnc(CC(C)c2ccccc2)o1. The molecule has 1 amide bonds. The average molecular weight is 396 g/mol. The van der Waals surface area contributed by atoms with Crippen molar-refractivity contribution in [1.82, 2.24) is 10.2 Å². The van der Waals surface area contributed by atoms with E-state index in [1.165, 1.54) is 17.3 Å². The van der Waals surface area contributed by atoms with Crippen LogP contribution in [0.1, 0.15) is 42.3 Å². The number of nitrogens with one attached hydrogen (secondary N) is 1. The van der Waals surface area contributed by atoms with E-state index in [4.69, 9.17) is 4.42 Å². The molecule has 2 aromatic carbocycles. The molecule has 28 heavy (non-hydrogen) atoms. The van der Waals surface area contributed by atoms with Crippen molar-refractivity contribution >= 4 is 23.4 Å². The number of hydrogen-bond donors (Lipinski definition) is 1. The van der Waals surface area contributed by atoms with Gasteiger partial charge in [-0.2, -0.15) is 0 Å². The number of anilines is 1. The molecule has 0 aliphatic heterocycles. The zero-order chi connectivity index (χ0) is 20.1. The van der Waals surface area contributed by atoms with E-state index in [0.717, 1.165) is 16.8 Å². The van der Waals surface area contributed by atoms with Crippen LogP contribution in [0.3, 0.4) is 0 Å². The number of thioether (sulfide) groups is 1. The number of carbonyl (C=O) groups is 1. The second-order valence-electron chi connectivity index (χ2n) is 6.99. The van der Waals surface area contributed by atoms with E-state index in [-0.39, 0.29) is 17.1 Å². The van der Waals surface area contributed by atoms with Crippen LogP contribution >= 0.6 is 11.8 Å². The molecule has 0 fully saturated rings. The summed E-state index contributed by atoms with van der Waals surface area (Å²) < 4.78 is 5.76. The number of para-hydroxylation sites is 1. The maximum atomic E-state index is 12.6. The summed E-state index contributed by atoms with van der Waals surface area (Å²) in [5.41, 5.74) is 4.18. The molecule has 0 bridgehead atoms. The van der Waals surface area contributed by atoms with Crippen molar-refractivity contribution < 1.29 is 9.21 Å². The molecule has 3 aromatic rings. The third-order valence-electron chi connectivity index (χ3n) is 4.67. The molecule has 0 saturated carbocycles. The Morgan fingerprint density at radius 3 is 2.39 bits per heavy atom. The predicted molar refractivity (Wildman–Crippen MR) is 113 cm³/mol. The van der Waals surface area contributed by atoms with E-state index in [1.54, 1.807) is 0 Å². The molecule has 0 spiro atoms. The fourth-order valence-electron chi connectivity index (χ4n) is 2.97. The van der Waals surface area contributed by atoms with E-state index in [9.17, 15) is 4.79 Å². The summed E-state index contributed by atoms with van der Waals surface area (Å²) in [5.74, 6) is 0.783. The molecule has 1 heterocycles. The monoisotopic (exact) mass is 395 g/mol. The fraction of sp³-hybridized carbons (Fsp3) is 0.318. The second-order valence-corrected chi connectivity index (χ2v) is 8.29. The molecule has 0 aliphatic rings. The average Bonchev–Trinajstić information content (AvgIpc) is 3.12. The minimum Gasteiger partial charge on any atom is -0.416 e. The maximum Gasteiger partial charge on any atom is 0.277 e. The first kappa shape index (κ1) is 20.1. The summed E-state index contributed by atoms with van der Waals surface area (Å²) in [5, 5.41) is 11.3. The molecule has 1 N–H and O–H groups in total. The van der Waals surface area contributed by atoms with Crippen LogP contribution in [0.5, 0.6) is 0 Å². The molecule has 0 aliphatic carbocycles. The molecule has 2 atom stereocenters. The van der Waals surface area contributed by atoms with Crippen LogP contribution in [-0.2, 0) is 11.2 Å². The molecule has 146 valence electrons. The smallest absolute Gasteiger partial charge is 0.277 e. The van der Waals surface area contributed by atoms with Gasteiger partial charge in [0.25, 0.3) is 5.22 Å². The van der Waals surface area contributed by atoms with Gasteiger partial charge in [0.2, 0.25) is 11.8 Å². The van der Waals surface area contributed by atoms with E-state index >= 15 is 0 Å². The lowest BCUT2D eigenvalue weighted by Crippen LogP contribution is -2.23. The Morgan fingerprint density at radius 2 is 1.71 bits per heavy atom. The molecule has 1 aromatic heterocycles. The van der Waals surface area contributed by atoms with Crippen LogP contribution in [0.4, 0.5) is 5.69 Å². The number of carbonyl (C=O) groups excluding carboxylic acids is 1. The molecule has 0 radical (unpaired) electrons. The number of aromatic nitrogens is 2. The third-order valence-corrected chi connectivity index (χ3v) is 5.61. The molecule has 5 nitrogen and oxygen atoms in total. The summed E-state index contributed by atoms with van der Waals surface area (Å²) in [7, 11) is 0. The van der Waals surface area contributed by atoms with Crippen LogP contribution in [0.25, 0.3) is 0 Å². The van der Waals surface area contributed by atoms with Crippen molar-refractivity contribution in [3.05, 3.63) is 71.1 Å². The Morgan fingerprint density at radius 1 is 1.04 bits per heavy atom. The van der Waals surface area contributed by atoms with E-state index in [0.29, 0.717) is 17.5 Å². The molecule has 6 heteroatoms. The summed E-state index contributed by atoms with van der Waals surface area (Å²) >= 11 is 1.27. The zero-order valence-electron chi connectivity index (χ0n) is 16.6. The highest BCUT2D eigenvalue weighted by Gasteiger charge is 2.20. The van der Waals surface area contributed by atoms with E-state index in [1.807, 2.05) is 57.2 Å². The van der Waals surface area contributed by atoms with Gasteiger partial charge in [0, 0.05) is 12.1 Å². The first-order valence-corrected chi connectivity index (χ1v) is 10.2. The van der Waals surface area contributed by atoms with Gasteiger partial charge in [-0.1, -0.05) is 67.2 Å². The van der Waals surface area contributed by atoms with Crippen molar-refractivity contribution in [2.24, 2.45) is 0 Å². The highest BCUT2D eigenvalue weighted by molar-refractivity contribution is 8.00. The third kappa shape index (κ3) is 5.01. The molecule has 2 unspecified atom stereocenters. The quantitative estimate of drug-likeness (QED) is 0.560. The number of amides is 1. The van der Waals surface area contributed by atoms with Crippen LogP contribution in [0.15, 0.2) is 58.2 Å². The van der Waals surface area contributed by atoms with E-state index < -0.39 is 0 Å². The zero-order valence-corrected chi connectivity index (χ0v) is 17.4. The van der Waals surface area contributed by atoms with Gasteiger partial charge in [0.05, 0.1) is 5.25 Å². The largest absolute Gasteiger partial charge is 0.416 e. The van der Waals surface area contributed by atoms with Crippen molar-refractivity contribution in [3.8, 4) is 0 Å². The van der Waals surface area contributed by atoms with Gasteiger partial charge in [-0.3, -0.25) is 4.79 Å². The van der Waals surface area contributed by atoms with Crippen molar-refractivity contribution in [2.45, 2.75) is 50.5 Å². The number of hydrogen-bond acceptors (Lipinski definition) is 5. The predicted octanol–water partition coefficient (Wildman–Crippen LogP) is 5.15. The first-order chi connectivity index (χ1) is 13.4. The van der Waals surface area contributed by atoms with Gasteiger partial charge in [-0.25, -0.2) is 0 Å². The summed E-state index contributed by atoms with van der Waals surface area (Å²) in [4.78, 5) is 12.6. The molecule has 3 rings (SSSR count). The Hall–Kier alpha value is -2.60. The second kappa shape index (κ2) is 9.06. The highest BCUT2D eigenvalue weighted by Crippen LogP contribution is 2.26. The van der Waals surface area contributed by atoms with Crippen LogP contribution in [0.2, 0.25) is 0 Å². The lowest BCUT2D eigenvalue weighted by molar-refractivity contribution is -0.115. The van der Waals surface area contributed by atoms with Crippen LogP contribution < -0.4 is 5.32 Å². The van der Waals surface area contributed by atoms with Crippen molar-refractivity contribution in [2.75, 3.05) is 5.32 Å². The topological polar surface area (TPSA) is 68.0 Å². The van der Waals surface area contributed by atoms with Gasteiger partial charge >= 0.3 is 0 Å². The molecule has 0 saturated heterocycles. The minimum atomic E-state index is -0.348. The first-order valence-electron chi connectivity index (χ1n) is 9.35. The van der Waals surface area contributed by atoms with Gasteiger partial charge < -0.3 is 9.73 Å². The Kier molecular flexibility index (Phi) is 6.52. The summed E-state index contributed by atoms with van der Waals surface area (Å²) in [6.07, 6.45) is 0.667. The summed E-state index contributed by atoms with van der Waals surface area (Å²) in [6.45, 7) is 7.94. The number of nitrogens with zero attached hydrogens (tertiary/aromatic N) is 2. The fourth-order valence-corrected chi connectivity index (χ4v) is 3.67. The van der Waals surface area contributed by atoms with Gasteiger partial charge in [-0.15, -0.1) is 10.2 Å². The van der Waals surface area contributed by atoms with Crippen molar-refractivity contribution in [1.29, 1.82) is 0 Å². The van der Waals surface area contributed by atoms with Gasteiger partial charge in [0.15, 0.2) is 0 Å².